The number of thioether (sulfide) groups is 1. The Kier molecular flexibility index (Phi) is 5.16. The molecule has 4 rings (SSSR count). The van der Waals surface area contributed by atoms with E-state index in [1.807, 2.05) is 11.4 Å². The molecule has 0 atom stereocenters. The molecule has 1 fully saturated rings. The lowest BCUT2D eigenvalue weighted by Crippen LogP contribution is -2.17. The third-order valence-electron chi connectivity index (χ3n) is 4.46. The minimum absolute atomic E-state index is 0.0575. The van der Waals surface area contributed by atoms with Crippen LogP contribution in [0.15, 0.2) is 51.8 Å². The van der Waals surface area contributed by atoms with E-state index in [9.17, 15) is 4.79 Å². The van der Waals surface area contributed by atoms with Gasteiger partial charge in [0, 0.05) is 10.7 Å². The molecule has 1 aromatic carbocycles. The van der Waals surface area contributed by atoms with Gasteiger partial charge < -0.3 is 5.32 Å². The molecule has 1 aliphatic carbocycles. The summed E-state index contributed by atoms with van der Waals surface area (Å²) in [6, 6.07) is 11.2. The standard InChI is InChI=1S/C19H18ClN3OS2/c20-13-5-7-14(8-6-13)21-16(24)12-26-18-17(15-4-3-11-25-15)22-19(23-18)9-1-2-10-19/h3-8,11H,1-2,9-10,12H2,(H,21,24). The number of hydrogen-bond acceptors (Lipinski definition) is 5. The first kappa shape index (κ1) is 17.8. The monoisotopic (exact) mass is 403 g/mol. The zero-order valence-corrected chi connectivity index (χ0v) is 16.5. The zero-order valence-electron chi connectivity index (χ0n) is 14.1. The summed E-state index contributed by atoms with van der Waals surface area (Å²) in [6.45, 7) is 0. The number of anilines is 1. The average molecular weight is 404 g/mol. The summed E-state index contributed by atoms with van der Waals surface area (Å²) in [7, 11) is 0. The molecule has 1 N–H and O–H groups in total. The number of carbonyl (C=O) groups excluding carboxylic acids is 1. The Morgan fingerprint density at radius 3 is 2.65 bits per heavy atom. The second-order valence-electron chi connectivity index (χ2n) is 6.39. The van der Waals surface area contributed by atoms with E-state index in [1.165, 1.54) is 24.6 Å². The summed E-state index contributed by atoms with van der Waals surface area (Å²) < 4.78 is 0. The fourth-order valence-corrected chi connectivity index (χ4v) is 5.00. The molecule has 0 saturated heterocycles. The highest BCUT2D eigenvalue weighted by molar-refractivity contribution is 8.16. The molecule has 1 spiro atoms. The second kappa shape index (κ2) is 7.55. The van der Waals surface area contributed by atoms with Crippen molar-refractivity contribution in [3.63, 3.8) is 0 Å². The highest BCUT2D eigenvalue weighted by Gasteiger charge is 2.39. The molecule has 2 heterocycles. The molecule has 1 amide bonds. The maximum absolute atomic E-state index is 12.3. The van der Waals surface area contributed by atoms with Gasteiger partial charge in [-0.15, -0.1) is 11.3 Å². The number of carbonyl (C=O) groups is 1. The number of aliphatic imine (C=N–C) groups is 2. The number of hydrogen-bond donors (Lipinski definition) is 1. The summed E-state index contributed by atoms with van der Waals surface area (Å²) in [6.07, 6.45) is 4.34. The zero-order chi connectivity index (χ0) is 18.0. The van der Waals surface area contributed by atoms with Crippen LogP contribution in [0.3, 0.4) is 0 Å². The van der Waals surface area contributed by atoms with Crippen LogP contribution in [0.1, 0.15) is 30.6 Å². The second-order valence-corrected chi connectivity index (χ2v) is 8.74. The van der Waals surface area contributed by atoms with E-state index in [1.54, 1.807) is 35.6 Å². The van der Waals surface area contributed by atoms with Crippen LogP contribution in [0.5, 0.6) is 0 Å². The summed E-state index contributed by atoms with van der Waals surface area (Å²) in [4.78, 5) is 23.3. The summed E-state index contributed by atoms with van der Waals surface area (Å²) >= 11 is 9.01. The molecule has 1 aromatic heterocycles. The van der Waals surface area contributed by atoms with Crippen molar-refractivity contribution in [1.29, 1.82) is 0 Å². The Morgan fingerprint density at radius 2 is 1.96 bits per heavy atom. The number of nitrogens with zero attached hydrogens (tertiary/aromatic N) is 2. The van der Waals surface area contributed by atoms with Crippen molar-refractivity contribution in [3.8, 4) is 0 Å². The van der Waals surface area contributed by atoms with Crippen LogP contribution in [-0.4, -0.2) is 28.1 Å². The van der Waals surface area contributed by atoms with Gasteiger partial charge >= 0.3 is 0 Å². The molecule has 2 aromatic rings. The topological polar surface area (TPSA) is 53.8 Å². The van der Waals surface area contributed by atoms with Crippen molar-refractivity contribution in [2.24, 2.45) is 9.98 Å². The van der Waals surface area contributed by atoms with Gasteiger partial charge in [0.05, 0.1) is 10.6 Å². The van der Waals surface area contributed by atoms with Gasteiger partial charge in [-0.1, -0.05) is 29.4 Å². The number of benzene rings is 1. The molecule has 1 saturated carbocycles. The number of thiophene rings is 1. The van der Waals surface area contributed by atoms with Gasteiger partial charge in [-0.25, -0.2) is 4.99 Å². The van der Waals surface area contributed by atoms with Crippen LogP contribution in [0, 0.1) is 0 Å². The molecule has 0 radical (unpaired) electrons. The smallest absolute Gasteiger partial charge is 0.234 e. The third kappa shape index (κ3) is 3.87. The number of rotatable bonds is 4. The van der Waals surface area contributed by atoms with E-state index in [0.717, 1.165) is 34.2 Å². The molecule has 134 valence electrons. The number of nitrogens with one attached hydrogen (secondary N) is 1. The van der Waals surface area contributed by atoms with Gasteiger partial charge in [0.1, 0.15) is 10.8 Å². The summed E-state index contributed by atoms with van der Waals surface area (Å²) in [5, 5.41) is 6.48. The van der Waals surface area contributed by atoms with Crippen molar-refractivity contribution >= 4 is 57.0 Å². The Hall–Kier alpha value is -1.63. The van der Waals surface area contributed by atoms with Crippen molar-refractivity contribution in [2.75, 3.05) is 11.1 Å². The van der Waals surface area contributed by atoms with Gasteiger partial charge in [0.15, 0.2) is 5.66 Å². The van der Waals surface area contributed by atoms with Gasteiger partial charge in [-0.2, -0.15) is 0 Å². The molecular weight excluding hydrogens is 386 g/mol. The Morgan fingerprint density at radius 1 is 1.19 bits per heavy atom. The van der Waals surface area contributed by atoms with Crippen LogP contribution in [0.4, 0.5) is 5.69 Å². The van der Waals surface area contributed by atoms with E-state index in [4.69, 9.17) is 21.6 Å². The average Bonchev–Trinajstić information content (AvgIpc) is 3.37. The van der Waals surface area contributed by atoms with Crippen molar-refractivity contribution in [2.45, 2.75) is 31.3 Å². The van der Waals surface area contributed by atoms with Crippen LogP contribution in [0.2, 0.25) is 5.02 Å². The van der Waals surface area contributed by atoms with Crippen LogP contribution in [-0.2, 0) is 4.79 Å². The molecule has 0 bridgehead atoms. The van der Waals surface area contributed by atoms with E-state index >= 15 is 0 Å². The lowest BCUT2D eigenvalue weighted by molar-refractivity contribution is -0.113. The van der Waals surface area contributed by atoms with Crippen LogP contribution >= 0.6 is 34.7 Å². The first-order valence-corrected chi connectivity index (χ1v) is 10.8. The van der Waals surface area contributed by atoms with E-state index in [2.05, 4.69) is 11.4 Å². The molecule has 2 aliphatic rings. The molecule has 1 aliphatic heterocycles. The molecule has 4 nitrogen and oxygen atoms in total. The fourth-order valence-electron chi connectivity index (χ4n) is 3.23. The number of amides is 1. The van der Waals surface area contributed by atoms with Gasteiger partial charge in [0.25, 0.3) is 0 Å². The summed E-state index contributed by atoms with van der Waals surface area (Å²) in [5.41, 5.74) is 1.41. The van der Waals surface area contributed by atoms with Crippen molar-refractivity contribution in [3.05, 3.63) is 51.7 Å². The first-order chi connectivity index (χ1) is 12.6. The molecule has 7 heteroatoms. The maximum atomic E-state index is 12.3. The lowest BCUT2D eigenvalue weighted by atomic mass is 10.1. The highest BCUT2D eigenvalue weighted by atomic mass is 35.5. The van der Waals surface area contributed by atoms with E-state index in [-0.39, 0.29) is 11.6 Å². The molecule has 0 unspecified atom stereocenters. The van der Waals surface area contributed by atoms with Crippen LogP contribution in [0.25, 0.3) is 0 Å². The Bertz CT molecular complexity index is 853. The first-order valence-electron chi connectivity index (χ1n) is 8.56. The minimum Gasteiger partial charge on any atom is -0.325 e. The highest BCUT2D eigenvalue weighted by Crippen LogP contribution is 2.40. The predicted octanol–water partition coefficient (Wildman–Crippen LogP) is 5.24. The normalized spacial score (nSPS) is 18.0. The largest absolute Gasteiger partial charge is 0.325 e. The quantitative estimate of drug-likeness (QED) is 0.758. The minimum atomic E-state index is -0.283. The number of halogens is 1. The third-order valence-corrected chi connectivity index (χ3v) is 6.55. The Labute approximate surface area is 165 Å². The Balaban J connectivity index is 1.45. The van der Waals surface area contributed by atoms with Gasteiger partial charge in [-0.3, -0.25) is 9.79 Å². The maximum Gasteiger partial charge on any atom is 0.234 e. The van der Waals surface area contributed by atoms with E-state index in [0.29, 0.717) is 10.8 Å². The molecular formula is C19H18ClN3OS2. The SMILES string of the molecule is O=C(CSC1=NC2(CCCC2)N=C1c1cccs1)Nc1ccc(Cl)cc1. The van der Waals surface area contributed by atoms with Crippen molar-refractivity contribution in [1.82, 2.24) is 0 Å². The lowest BCUT2D eigenvalue weighted by Gasteiger charge is -2.14. The van der Waals surface area contributed by atoms with Crippen LogP contribution < -0.4 is 5.32 Å². The summed E-state index contributed by atoms with van der Waals surface area (Å²) in [5.74, 6) is 0.250. The van der Waals surface area contributed by atoms with Gasteiger partial charge in [0.2, 0.25) is 5.91 Å². The van der Waals surface area contributed by atoms with Crippen molar-refractivity contribution < 1.29 is 4.79 Å². The van der Waals surface area contributed by atoms with E-state index < -0.39 is 0 Å². The fraction of sp³-hybridized carbons (Fsp3) is 0.316. The predicted molar refractivity (Wildman–Crippen MR) is 112 cm³/mol. The molecule has 26 heavy (non-hydrogen) atoms. The van der Waals surface area contributed by atoms with Gasteiger partial charge in [-0.05, 0) is 61.4 Å².